The highest BCUT2D eigenvalue weighted by Gasteiger charge is 2.24. The van der Waals surface area contributed by atoms with Gasteiger partial charge in [-0.25, -0.2) is 0 Å². The summed E-state index contributed by atoms with van der Waals surface area (Å²) in [6.45, 7) is 1.88. The van der Waals surface area contributed by atoms with E-state index in [0.717, 1.165) is 16.3 Å². The Hall–Kier alpha value is -3.87. The number of nitrogens with one attached hydrogen (secondary N) is 1. The number of benzene rings is 5. The standard InChI is InChI=1S/C28H20ClNO4S/c1-18-7-2-5-11-25(18)30-28(31)24-15-20-8-3-4-9-21(20)16-26(24)34-35(32,33)27-12-6-10-19-13-14-22(29)17-23(19)27/h2-17H,1H3,(H,30,31). The fraction of sp³-hybridized carbons (Fsp3) is 0.0357. The maximum absolute atomic E-state index is 13.5. The molecule has 1 amide bonds. The summed E-state index contributed by atoms with van der Waals surface area (Å²) in [7, 11) is -4.30. The Balaban J connectivity index is 1.61. The molecule has 5 aromatic carbocycles. The highest BCUT2D eigenvalue weighted by atomic mass is 35.5. The lowest BCUT2D eigenvalue weighted by Gasteiger charge is -2.15. The Morgan fingerprint density at radius 1 is 0.800 bits per heavy atom. The summed E-state index contributed by atoms with van der Waals surface area (Å²) in [5.74, 6) is -0.537. The Labute approximate surface area is 208 Å². The molecule has 0 aliphatic carbocycles. The number of carbonyl (C=O) groups is 1. The van der Waals surface area contributed by atoms with E-state index in [1.165, 1.54) is 6.07 Å². The van der Waals surface area contributed by atoms with Gasteiger partial charge in [0.15, 0.2) is 5.75 Å². The van der Waals surface area contributed by atoms with E-state index in [4.69, 9.17) is 15.8 Å². The van der Waals surface area contributed by atoms with E-state index in [1.807, 2.05) is 49.4 Å². The van der Waals surface area contributed by atoms with E-state index in [-0.39, 0.29) is 16.2 Å². The third kappa shape index (κ3) is 4.58. The lowest BCUT2D eigenvalue weighted by molar-refractivity contribution is 0.102. The van der Waals surface area contributed by atoms with Crippen LogP contribution < -0.4 is 9.50 Å². The number of hydrogen-bond acceptors (Lipinski definition) is 4. The largest absolute Gasteiger partial charge is 0.378 e. The van der Waals surface area contributed by atoms with Crippen molar-refractivity contribution in [1.29, 1.82) is 0 Å². The number of aryl methyl sites for hydroxylation is 1. The van der Waals surface area contributed by atoms with Crippen LogP contribution in [-0.4, -0.2) is 14.3 Å². The average Bonchev–Trinajstić information content (AvgIpc) is 2.84. The van der Waals surface area contributed by atoms with Crippen LogP contribution in [0.4, 0.5) is 5.69 Å². The smallest absolute Gasteiger partial charge is 0.339 e. The summed E-state index contributed by atoms with van der Waals surface area (Å²) in [5.41, 5.74) is 1.61. The van der Waals surface area contributed by atoms with Gasteiger partial charge in [0, 0.05) is 16.1 Å². The van der Waals surface area contributed by atoms with Gasteiger partial charge in [-0.1, -0.05) is 72.3 Å². The fourth-order valence-corrected chi connectivity index (χ4v) is 5.29. The van der Waals surface area contributed by atoms with Gasteiger partial charge in [0.05, 0.1) is 5.56 Å². The second-order valence-electron chi connectivity index (χ2n) is 8.12. The molecule has 0 saturated heterocycles. The van der Waals surface area contributed by atoms with Crippen LogP contribution in [-0.2, 0) is 10.1 Å². The minimum absolute atomic E-state index is 0.0316. The third-order valence-electron chi connectivity index (χ3n) is 5.76. The predicted molar refractivity (Wildman–Crippen MR) is 140 cm³/mol. The van der Waals surface area contributed by atoms with Crippen LogP contribution in [0.1, 0.15) is 15.9 Å². The molecule has 0 aliphatic heterocycles. The first kappa shape index (κ1) is 22.9. The molecule has 0 saturated carbocycles. The second-order valence-corrected chi connectivity index (χ2v) is 10.1. The normalized spacial score (nSPS) is 11.5. The van der Waals surface area contributed by atoms with Crippen LogP contribution in [0.3, 0.4) is 0 Å². The Bertz CT molecular complexity index is 1710. The Morgan fingerprint density at radius 2 is 1.49 bits per heavy atom. The van der Waals surface area contributed by atoms with Gasteiger partial charge in [-0.2, -0.15) is 8.42 Å². The fourth-order valence-electron chi connectivity index (χ4n) is 3.97. The van der Waals surface area contributed by atoms with E-state index in [9.17, 15) is 13.2 Å². The van der Waals surface area contributed by atoms with Crippen molar-refractivity contribution in [3.8, 4) is 5.75 Å². The van der Waals surface area contributed by atoms with Gasteiger partial charge in [0.25, 0.3) is 5.91 Å². The van der Waals surface area contributed by atoms with E-state index in [0.29, 0.717) is 21.5 Å². The molecule has 0 radical (unpaired) electrons. The van der Waals surface area contributed by atoms with Gasteiger partial charge in [-0.05, 0) is 65.0 Å². The molecular weight excluding hydrogens is 482 g/mol. The predicted octanol–water partition coefficient (Wildman–Crippen LogP) is 6.97. The molecular formula is C28H20ClNO4S. The molecule has 0 aromatic heterocycles. The SMILES string of the molecule is Cc1ccccc1NC(=O)c1cc2ccccc2cc1OS(=O)(=O)c1cccc2ccc(Cl)cc12. The molecule has 0 unspecified atom stereocenters. The van der Waals surface area contributed by atoms with Crippen LogP contribution in [0, 0.1) is 6.92 Å². The molecule has 1 N–H and O–H groups in total. The first-order valence-electron chi connectivity index (χ1n) is 10.8. The molecule has 0 heterocycles. The highest BCUT2D eigenvalue weighted by molar-refractivity contribution is 7.87. The summed E-state index contributed by atoms with van der Waals surface area (Å²) < 4.78 is 32.5. The Morgan fingerprint density at radius 3 is 2.26 bits per heavy atom. The summed E-state index contributed by atoms with van der Waals surface area (Å²) in [6, 6.07) is 27.8. The molecule has 0 atom stereocenters. The number of amides is 1. The molecule has 0 spiro atoms. The average molecular weight is 502 g/mol. The molecule has 5 rings (SSSR count). The maximum atomic E-state index is 13.5. The first-order valence-corrected chi connectivity index (χ1v) is 12.6. The van der Waals surface area contributed by atoms with Crippen molar-refractivity contribution in [2.45, 2.75) is 11.8 Å². The molecule has 0 bridgehead atoms. The van der Waals surface area contributed by atoms with Gasteiger partial charge >= 0.3 is 10.1 Å². The number of fused-ring (bicyclic) bond motifs is 2. The molecule has 5 nitrogen and oxygen atoms in total. The van der Waals surface area contributed by atoms with Crippen molar-refractivity contribution in [2.75, 3.05) is 5.32 Å². The number of anilines is 1. The monoisotopic (exact) mass is 501 g/mol. The van der Waals surface area contributed by atoms with Crippen LogP contribution in [0.15, 0.2) is 102 Å². The number of rotatable bonds is 5. The van der Waals surface area contributed by atoms with Crippen molar-refractivity contribution in [2.24, 2.45) is 0 Å². The van der Waals surface area contributed by atoms with Crippen molar-refractivity contribution < 1.29 is 17.4 Å². The molecule has 174 valence electrons. The highest BCUT2D eigenvalue weighted by Crippen LogP contribution is 2.32. The molecule has 35 heavy (non-hydrogen) atoms. The van der Waals surface area contributed by atoms with E-state index in [2.05, 4.69) is 5.32 Å². The van der Waals surface area contributed by atoms with Crippen molar-refractivity contribution >= 4 is 54.9 Å². The number of para-hydroxylation sites is 1. The Kier molecular flexibility index (Phi) is 5.93. The van der Waals surface area contributed by atoms with Gasteiger partial charge in [-0.15, -0.1) is 0 Å². The minimum Gasteiger partial charge on any atom is -0.378 e. The zero-order valence-corrected chi connectivity index (χ0v) is 20.2. The van der Waals surface area contributed by atoms with E-state index in [1.54, 1.807) is 48.5 Å². The number of carbonyl (C=O) groups excluding carboxylic acids is 1. The summed E-state index contributed by atoms with van der Waals surface area (Å²) in [4.78, 5) is 13.3. The van der Waals surface area contributed by atoms with Gasteiger partial charge < -0.3 is 9.50 Å². The summed E-state index contributed by atoms with van der Waals surface area (Å²) >= 11 is 6.13. The first-order chi connectivity index (χ1) is 16.8. The van der Waals surface area contributed by atoms with Crippen LogP contribution in [0.2, 0.25) is 5.02 Å². The molecule has 5 aromatic rings. The van der Waals surface area contributed by atoms with Gasteiger partial charge in [-0.3, -0.25) is 4.79 Å². The number of halogens is 1. The number of hydrogen-bond donors (Lipinski definition) is 1. The summed E-state index contributed by atoms with van der Waals surface area (Å²) in [6.07, 6.45) is 0. The van der Waals surface area contributed by atoms with Crippen LogP contribution in [0.5, 0.6) is 5.75 Å². The van der Waals surface area contributed by atoms with Crippen LogP contribution in [0.25, 0.3) is 21.5 Å². The minimum atomic E-state index is -4.30. The zero-order chi connectivity index (χ0) is 24.6. The molecule has 7 heteroatoms. The van der Waals surface area contributed by atoms with E-state index < -0.39 is 16.0 Å². The lowest BCUT2D eigenvalue weighted by Crippen LogP contribution is -2.17. The third-order valence-corrected chi connectivity index (χ3v) is 7.29. The van der Waals surface area contributed by atoms with Crippen molar-refractivity contribution in [3.63, 3.8) is 0 Å². The second kappa shape index (κ2) is 9.06. The quantitative estimate of drug-likeness (QED) is 0.264. The topological polar surface area (TPSA) is 72.5 Å². The summed E-state index contributed by atoms with van der Waals surface area (Å²) in [5, 5.41) is 5.93. The van der Waals surface area contributed by atoms with Crippen molar-refractivity contribution in [1.82, 2.24) is 0 Å². The van der Waals surface area contributed by atoms with Crippen molar-refractivity contribution in [3.05, 3.63) is 113 Å². The van der Waals surface area contributed by atoms with Gasteiger partial charge in [0.1, 0.15) is 4.90 Å². The lowest BCUT2D eigenvalue weighted by atomic mass is 10.1. The van der Waals surface area contributed by atoms with E-state index >= 15 is 0 Å². The maximum Gasteiger partial charge on any atom is 0.339 e. The zero-order valence-electron chi connectivity index (χ0n) is 18.7. The molecule has 0 fully saturated rings. The van der Waals surface area contributed by atoms with Crippen LogP contribution >= 0.6 is 11.6 Å². The molecule has 0 aliphatic rings. The van der Waals surface area contributed by atoms with Gasteiger partial charge in [0.2, 0.25) is 0 Å².